The quantitative estimate of drug-likeness (QED) is 0.497. The fourth-order valence-electron chi connectivity index (χ4n) is 0.724. The van der Waals surface area contributed by atoms with Gasteiger partial charge in [0.25, 0.3) is 5.91 Å². The topological polar surface area (TPSA) is 71.5 Å². The summed E-state index contributed by atoms with van der Waals surface area (Å²) in [5, 5.41) is 8.36. The van der Waals surface area contributed by atoms with Crippen molar-refractivity contribution in [3.8, 4) is 0 Å². The second kappa shape index (κ2) is 5.23. The zero-order valence-electron chi connectivity index (χ0n) is 6.93. The number of pyridine rings is 1. The van der Waals surface area contributed by atoms with Crippen molar-refractivity contribution >= 4 is 5.91 Å². The van der Waals surface area contributed by atoms with Gasteiger partial charge in [-0.15, -0.1) is 0 Å². The predicted octanol–water partition coefficient (Wildman–Crippen LogP) is -0.265. The normalized spacial score (nSPS) is 9.62. The minimum Gasteiger partial charge on any atom is -0.394 e. The first-order chi connectivity index (χ1) is 6.34. The van der Waals surface area contributed by atoms with E-state index in [4.69, 9.17) is 5.11 Å². The van der Waals surface area contributed by atoms with Crippen molar-refractivity contribution in [3.05, 3.63) is 30.1 Å². The van der Waals surface area contributed by atoms with Crippen molar-refractivity contribution in [2.45, 2.75) is 0 Å². The Morgan fingerprint density at radius 3 is 2.85 bits per heavy atom. The first-order valence-corrected chi connectivity index (χ1v) is 3.77. The number of amides is 1. The Morgan fingerprint density at radius 2 is 2.23 bits per heavy atom. The van der Waals surface area contributed by atoms with E-state index in [2.05, 4.69) is 15.3 Å². The maximum Gasteiger partial charge on any atom is 0.274 e. The molecule has 0 unspecified atom stereocenters. The summed E-state index contributed by atoms with van der Waals surface area (Å²) < 4.78 is 0. The van der Waals surface area contributed by atoms with Crippen LogP contribution in [0.1, 0.15) is 10.4 Å². The van der Waals surface area contributed by atoms with Crippen LogP contribution in [0.15, 0.2) is 24.5 Å². The van der Waals surface area contributed by atoms with E-state index in [0.717, 1.165) is 0 Å². The third-order valence-corrected chi connectivity index (χ3v) is 1.30. The van der Waals surface area contributed by atoms with E-state index in [-0.39, 0.29) is 19.1 Å². The molecular formula is C8H10N2O3. The predicted molar refractivity (Wildman–Crippen MR) is 44.7 cm³/mol. The molecule has 2 N–H and O–H groups in total. The van der Waals surface area contributed by atoms with E-state index < -0.39 is 0 Å². The minimum absolute atomic E-state index is 0.0802. The largest absolute Gasteiger partial charge is 0.394 e. The molecule has 0 atom stereocenters. The minimum atomic E-state index is -0.351. The van der Waals surface area contributed by atoms with Crippen molar-refractivity contribution in [1.29, 1.82) is 0 Å². The van der Waals surface area contributed by atoms with E-state index in [1.165, 1.54) is 12.4 Å². The van der Waals surface area contributed by atoms with Crippen LogP contribution >= 0.6 is 0 Å². The Hall–Kier alpha value is -1.46. The molecule has 1 amide bonds. The van der Waals surface area contributed by atoms with Crippen molar-refractivity contribution in [1.82, 2.24) is 10.5 Å². The van der Waals surface area contributed by atoms with Gasteiger partial charge in [0.1, 0.15) is 0 Å². The van der Waals surface area contributed by atoms with Crippen molar-refractivity contribution in [3.63, 3.8) is 0 Å². The molecule has 0 radical (unpaired) electrons. The third kappa shape index (κ3) is 3.18. The van der Waals surface area contributed by atoms with E-state index >= 15 is 0 Å². The first-order valence-electron chi connectivity index (χ1n) is 3.77. The lowest BCUT2D eigenvalue weighted by Gasteiger charge is -2.03. The Kier molecular flexibility index (Phi) is 3.87. The molecule has 1 rings (SSSR count). The highest BCUT2D eigenvalue weighted by Crippen LogP contribution is 1.94. The lowest BCUT2D eigenvalue weighted by molar-refractivity contribution is 0.0168. The monoisotopic (exact) mass is 182 g/mol. The van der Waals surface area contributed by atoms with Gasteiger partial charge >= 0.3 is 0 Å². The molecule has 0 fully saturated rings. The molecule has 5 nitrogen and oxygen atoms in total. The highest BCUT2D eigenvalue weighted by molar-refractivity contribution is 5.93. The summed E-state index contributed by atoms with van der Waals surface area (Å²) in [4.78, 5) is 19.6. The van der Waals surface area contributed by atoms with Crippen molar-refractivity contribution < 1.29 is 14.7 Å². The lowest BCUT2D eigenvalue weighted by atomic mass is 10.3. The number of aliphatic hydroxyl groups excluding tert-OH is 1. The Bertz CT molecular complexity index is 263. The van der Waals surface area contributed by atoms with E-state index in [1.807, 2.05) is 0 Å². The molecule has 0 saturated carbocycles. The Morgan fingerprint density at radius 1 is 1.54 bits per heavy atom. The average molecular weight is 182 g/mol. The molecule has 0 aliphatic heterocycles. The van der Waals surface area contributed by atoms with Gasteiger partial charge in [-0.25, -0.2) is 5.48 Å². The summed E-state index contributed by atoms with van der Waals surface area (Å²) in [6.07, 6.45) is 3.03. The number of nitrogens with one attached hydrogen (secondary N) is 1. The van der Waals surface area contributed by atoms with Gasteiger partial charge in [0.05, 0.1) is 13.2 Å². The molecule has 0 spiro atoms. The number of aliphatic hydroxyl groups is 1. The van der Waals surface area contributed by atoms with Gasteiger partial charge in [0.15, 0.2) is 0 Å². The van der Waals surface area contributed by atoms with Gasteiger partial charge in [0.2, 0.25) is 0 Å². The van der Waals surface area contributed by atoms with Crippen LogP contribution in [0.2, 0.25) is 0 Å². The van der Waals surface area contributed by atoms with Gasteiger partial charge < -0.3 is 5.11 Å². The van der Waals surface area contributed by atoms with Gasteiger partial charge in [-0.1, -0.05) is 0 Å². The van der Waals surface area contributed by atoms with Gasteiger partial charge in [-0.05, 0) is 12.1 Å². The van der Waals surface area contributed by atoms with Crippen LogP contribution in [0.25, 0.3) is 0 Å². The molecule has 13 heavy (non-hydrogen) atoms. The number of carbonyl (C=O) groups is 1. The Balaban J connectivity index is 2.40. The molecule has 0 aromatic carbocycles. The maximum atomic E-state index is 11.2. The number of hydrogen-bond donors (Lipinski definition) is 2. The number of aromatic nitrogens is 1. The lowest BCUT2D eigenvalue weighted by Crippen LogP contribution is -2.25. The highest BCUT2D eigenvalue weighted by atomic mass is 16.7. The number of carbonyl (C=O) groups excluding carboxylic acids is 1. The maximum absolute atomic E-state index is 11.2. The van der Waals surface area contributed by atoms with Crippen LogP contribution < -0.4 is 5.48 Å². The van der Waals surface area contributed by atoms with Crippen LogP contribution in [0.4, 0.5) is 0 Å². The molecule has 0 saturated heterocycles. The average Bonchev–Trinajstić information content (AvgIpc) is 2.19. The van der Waals surface area contributed by atoms with Crippen molar-refractivity contribution in [2.75, 3.05) is 13.2 Å². The fourth-order valence-corrected chi connectivity index (χ4v) is 0.724. The summed E-state index contributed by atoms with van der Waals surface area (Å²) in [6, 6.07) is 3.13. The highest BCUT2D eigenvalue weighted by Gasteiger charge is 2.02. The number of nitrogens with zero attached hydrogens (tertiary/aromatic N) is 1. The molecule has 1 aromatic heterocycles. The third-order valence-electron chi connectivity index (χ3n) is 1.30. The summed E-state index contributed by atoms with van der Waals surface area (Å²) in [7, 11) is 0. The summed E-state index contributed by atoms with van der Waals surface area (Å²) in [5.41, 5.74) is 2.64. The second-order valence-electron chi connectivity index (χ2n) is 2.24. The van der Waals surface area contributed by atoms with Crippen molar-refractivity contribution in [2.24, 2.45) is 0 Å². The van der Waals surface area contributed by atoms with E-state index in [1.54, 1.807) is 12.1 Å². The second-order valence-corrected chi connectivity index (χ2v) is 2.24. The van der Waals surface area contributed by atoms with Gasteiger partial charge in [0, 0.05) is 18.0 Å². The SMILES string of the molecule is O=C(NOCCO)c1ccncc1. The number of hydrogen-bond acceptors (Lipinski definition) is 4. The van der Waals surface area contributed by atoms with E-state index in [0.29, 0.717) is 5.56 Å². The standard InChI is InChI=1S/C8H10N2O3/c11-5-6-13-10-8(12)7-1-3-9-4-2-7/h1-4,11H,5-6H2,(H,10,12). The molecule has 70 valence electrons. The summed E-state index contributed by atoms with van der Waals surface area (Å²) in [5.74, 6) is -0.351. The molecule has 1 heterocycles. The summed E-state index contributed by atoms with van der Waals surface area (Å²) >= 11 is 0. The summed E-state index contributed by atoms with van der Waals surface area (Å²) in [6.45, 7) is -0.0482. The van der Waals surface area contributed by atoms with Crippen LogP contribution in [0.5, 0.6) is 0 Å². The van der Waals surface area contributed by atoms with Crippen LogP contribution in [-0.4, -0.2) is 29.2 Å². The van der Waals surface area contributed by atoms with Gasteiger partial charge in [-0.2, -0.15) is 0 Å². The van der Waals surface area contributed by atoms with Crippen LogP contribution in [0.3, 0.4) is 0 Å². The number of hydroxylamine groups is 1. The Labute approximate surface area is 75.3 Å². The van der Waals surface area contributed by atoms with Crippen LogP contribution in [-0.2, 0) is 4.84 Å². The number of rotatable bonds is 4. The smallest absolute Gasteiger partial charge is 0.274 e. The zero-order chi connectivity index (χ0) is 9.52. The molecule has 5 heteroatoms. The first kappa shape index (κ1) is 9.63. The molecule has 1 aromatic rings. The van der Waals surface area contributed by atoms with Gasteiger partial charge in [-0.3, -0.25) is 14.6 Å². The molecule has 0 aliphatic rings. The fraction of sp³-hybridized carbons (Fsp3) is 0.250. The zero-order valence-corrected chi connectivity index (χ0v) is 6.93. The molecule has 0 aliphatic carbocycles. The van der Waals surface area contributed by atoms with E-state index in [9.17, 15) is 4.79 Å². The molecule has 0 bridgehead atoms. The van der Waals surface area contributed by atoms with Crippen LogP contribution in [0, 0.1) is 0 Å². The molecular weight excluding hydrogens is 172 g/mol.